The predicted octanol–water partition coefficient (Wildman–Crippen LogP) is 5.13. The van der Waals surface area contributed by atoms with E-state index in [0.717, 1.165) is 16.7 Å². The maximum absolute atomic E-state index is 12.4. The highest BCUT2D eigenvalue weighted by atomic mass is 16.7. The Morgan fingerprint density at radius 3 is 1.83 bits per heavy atom. The molecule has 0 bridgehead atoms. The molecule has 1 N–H and O–H groups in total. The van der Waals surface area contributed by atoms with Crippen molar-refractivity contribution in [2.24, 2.45) is 0 Å². The van der Waals surface area contributed by atoms with Gasteiger partial charge in [-0.15, -0.1) is 0 Å². The zero-order chi connectivity index (χ0) is 21.6. The van der Waals surface area contributed by atoms with Crippen LogP contribution in [-0.2, 0) is 20.2 Å². The van der Waals surface area contributed by atoms with Crippen LogP contribution in [0.25, 0.3) is 0 Å². The van der Waals surface area contributed by atoms with Crippen molar-refractivity contribution in [3.63, 3.8) is 0 Å². The Bertz CT molecular complexity index is 977. The van der Waals surface area contributed by atoms with E-state index in [4.69, 9.17) is 9.31 Å². The summed E-state index contributed by atoms with van der Waals surface area (Å²) in [4.78, 5) is 0. The molecular formula is C26H29BO3. The molecule has 0 saturated carbocycles. The fraction of sp³-hybridized carbons (Fsp3) is 0.308. The van der Waals surface area contributed by atoms with Gasteiger partial charge in [0.1, 0.15) is 5.60 Å². The lowest BCUT2D eigenvalue weighted by molar-refractivity contribution is 0.00578. The molecule has 0 radical (unpaired) electrons. The molecule has 2 aliphatic rings. The maximum Gasteiger partial charge on any atom is 0.477 e. The second kappa shape index (κ2) is 7.09. The van der Waals surface area contributed by atoms with Crippen molar-refractivity contribution < 1.29 is 14.4 Å². The molecule has 1 saturated heterocycles. The van der Waals surface area contributed by atoms with Crippen LogP contribution in [0.2, 0.25) is 0 Å². The molecule has 2 aromatic rings. The monoisotopic (exact) mass is 400 g/mol. The third-order valence-corrected chi connectivity index (χ3v) is 6.87. The third kappa shape index (κ3) is 2.94. The van der Waals surface area contributed by atoms with Crippen molar-refractivity contribution >= 4 is 7.12 Å². The maximum atomic E-state index is 12.4. The lowest BCUT2D eigenvalue weighted by atomic mass is 9.43. The first-order valence-electron chi connectivity index (χ1n) is 10.4. The van der Waals surface area contributed by atoms with E-state index < -0.39 is 29.2 Å². The van der Waals surface area contributed by atoms with Crippen molar-refractivity contribution in [3.05, 3.63) is 108 Å². The Morgan fingerprint density at radius 1 is 0.833 bits per heavy atom. The standard InChI is InChI=1S/C26H29BO3/c1-6-20-17-18-26(28,22-15-11-8-12-16-22)25(19-20,21-13-9-7-10-14-21)27-29-23(2,3)24(4,5)30-27/h6-19,28H,1H2,2-5H3. The number of aliphatic hydroxyl groups is 1. The van der Waals surface area contributed by atoms with Gasteiger partial charge >= 0.3 is 7.12 Å². The van der Waals surface area contributed by atoms with E-state index in [0.29, 0.717) is 0 Å². The summed E-state index contributed by atoms with van der Waals surface area (Å²) in [7, 11) is -0.713. The second-order valence-corrected chi connectivity index (χ2v) is 9.14. The average molecular weight is 400 g/mol. The van der Waals surface area contributed by atoms with Gasteiger partial charge in [0.2, 0.25) is 0 Å². The van der Waals surface area contributed by atoms with E-state index in [1.807, 2.05) is 107 Å². The van der Waals surface area contributed by atoms with E-state index in [1.165, 1.54) is 0 Å². The molecule has 1 heterocycles. The highest BCUT2D eigenvalue weighted by Gasteiger charge is 2.67. The molecular weight excluding hydrogens is 371 g/mol. The van der Waals surface area contributed by atoms with Gasteiger partial charge in [-0.05, 0) is 50.5 Å². The quantitative estimate of drug-likeness (QED) is 0.724. The first kappa shape index (κ1) is 20.9. The second-order valence-electron chi connectivity index (χ2n) is 9.14. The van der Waals surface area contributed by atoms with Crippen LogP contribution in [-0.4, -0.2) is 23.4 Å². The molecule has 4 rings (SSSR count). The lowest BCUT2D eigenvalue weighted by Crippen LogP contribution is -2.59. The summed E-state index contributed by atoms with van der Waals surface area (Å²) in [6.45, 7) is 12.1. The summed E-state index contributed by atoms with van der Waals surface area (Å²) in [6.07, 6.45) is 7.60. The van der Waals surface area contributed by atoms with Crippen LogP contribution in [0.15, 0.2) is 97.1 Å². The number of rotatable bonds is 4. The minimum absolute atomic E-state index is 0.541. The fourth-order valence-electron chi connectivity index (χ4n) is 4.36. The fourth-order valence-corrected chi connectivity index (χ4v) is 4.36. The largest absolute Gasteiger partial charge is 0.477 e. The first-order valence-corrected chi connectivity index (χ1v) is 10.4. The van der Waals surface area contributed by atoms with Crippen molar-refractivity contribution in [2.45, 2.75) is 49.8 Å². The Kier molecular flexibility index (Phi) is 4.93. The molecule has 154 valence electrons. The van der Waals surface area contributed by atoms with Crippen molar-refractivity contribution in [1.29, 1.82) is 0 Å². The zero-order valence-corrected chi connectivity index (χ0v) is 18.1. The average Bonchev–Trinajstić information content (AvgIpc) is 2.97. The molecule has 30 heavy (non-hydrogen) atoms. The highest BCUT2D eigenvalue weighted by molar-refractivity contribution is 6.51. The molecule has 0 amide bonds. The van der Waals surface area contributed by atoms with E-state index >= 15 is 0 Å². The van der Waals surface area contributed by atoms with Crippen LogP contribution < -0.4 is 0 Å². The molecule has 0 spiro atoms. The van der Waals surface area contributed by atoms with Gasteiger partial charge in [-0.25, -0.2) is 0 Å². The number of hydrogen-bond acceptors (Lipinski definition) is 3. The molecule has 3 nitrogen and oxygen atoms in total. The summed E-state index contributed by atoms with van der Waals surface area (Å²) in [5.41, 5.74) is 0.135. The predicted molar refractivity (Wildman–Crippen MR) is 122 cm³/mol. The van der Waals surface area contributed by atoms with Crippen LogP contribution in [0.4, 0.5) is 0 Å². The van der Waals surface area contributed by atoms with E-state index in [9.17, 15) is 5.11 Å². The normalized spacial score (nSPS) is 29.5. The Morgan fingerprint density at radius 2 is 1.33 bits per heavy atom. The highest BCUT2D eigenvalue weighted by Crippen LogP contribution is 2.54. The third-order valence-electron chi connectivity index (χ3n) is 6.87. The van der Waals surface area contributed by atoms with Gasteiger partial charge in [-0.3, -0.25) is 0 Å². The summed E-state index contributed by atoms with van der Waals surface area (Å²) >= 11 is 0. The molecule has 1 aliphatic heterocycles. The van der Waals surface area contributed by atoms with Gasteiger partial charge in [0.15, 0.2) is 0 Å². The van der Waals surface area contributed by atoms with Crippen molar-refractivity contribution in [3.8, 4) is 0 Å². The number of hydrogen-bond donors (Lipinski definition) is 1. The van der Waals surface area contributed by atoms with Gasteiger partial charge in [0.05, 0.1) is 16.5 Å². The smallest absolute Gasteiger partial charge is 0.402 e. The van der Waals surface area contributed by atoms with Gasteiger partial charge < -0.3 is 14.4 Å². The number of benzene rings is 2. The summed E-state index contributed by atoms with van der Waals surface area (Å²) in [6, 6.07) is 19.7. The van der Waals surface area contributed by atoms with Gasteiger partial charge in [0.25, 0.3) is 0 Å². The van der Waals surface area contributed by atoms with Crippen LogP contribution in [0, 0.1) is 0 Å². The van der Waals surface area contributed by atoms with Crippen LogP contribution in [0.5, 0.6) is 0 Å². The lowest BCUT2D eigenvalue weighted by Gasteiger charge is -2.47. The molecule has 2 atom stereocenters. The van der Waals surface area contributed by atoms with E-state index in [-0.39, 0.29) is 0 Å². The molecule has 2 unspecified atom stereocenters. The van der Waals surface area contributed by atoms with E-state index in [2.05, 4.69) is 6.58 Å². The molecule has 0 aromatic heterocycles. The Hall–Kier alpha value is -2.40. The van der Waals surface area contributed by atoms with Crippen LogP contribution >= 0.6 is 0 Å². The van der Waals surface area contributed by atoms with Gasteiger partial charge in [0, 0.05) is 0 Å². The topological polar surface area (TPSA) is 38.7 Å². The van der Waals surface area contributed by atoms with Gasteiger partial charge in [-0.1, -0.05) is 85.5 Å². The first-order chi connectivity index (χ1) is 14.2. The van der Waals surface area contributed by atoms with Crippen LogP contribution in [0.1, 0.15) is 38.8 Å². The van der Waals surface area contributed by atoms with E-state index in [1.54, 1.807) is 6.08 Å². The Labute approximate surface area is 179 Å². The summed E-state index contributed by atoms with van der Waals surface area (Å²) in [5, 5.41) is 11.4. The van der Waals surface area contributed by atoms with Crippen molar-refractivity contribution in [2.75, 3.05) is 0 Å². The molecule has 4 heteroatoms. The Balaban J connectivity index is 2.03. The van der Waals surface area contributed by atoms with Crippen molar-refractivity contribution in [1.82, 2.24) is 0 Å². The summed E-state index contributed by atoms with van der Waals surface area (Å²) in [5.74, 6) is 0. The molecule has 2 aromatic carbocycles. The number of allylic oxidation sites excluding steroid dienone is 3. The zero-order valence-electron chi connectivity index (χ0n) is 18.1. The minimum Gasteiger partial charge on any atom is -0.402 e. The molecule has 1 aliphatic carbocycles. The molecule has 1 fully saturated rings. The summed E-state index contributed by atoms with van der Waals surface area (Å²) < 4.78 is 13.2. The van der Waals surface area contributed by atoms with Gasteiger partial charge in [-0.2, -0.15) is 0 Å². The SMILES string of the molecule is C=CC1=CC(B2OC(C)(C)C(C)(C)O2)(c2ccccc2)C(O)(c2ccccc2)C=C1. The minimum atomic E-state index is -1.39. The van der Waals surface area contributed by atoms with Crippen LogP contribution in [0.3, 0.4) is 0 Å².